The van der Waals surface area contributed by atoms with Gasteiger partial charge in [-0.3, -0.25) is 9.59 Å². The van der Waals surface area contributed by atoms with Crippen LogP contribution in [0.3, 0.4) is 0 Å². The van der Waals surface area contributed by atoms with Gasteiger partial charge in [0.15, 0.2) is 5.78 Å². The number of alkyl halides is 3. The summed E-state index contributed by atoms with van der Waals surface area (Å²) in [4.78, 5) is 33.4. The lowest BCUT2D eigenvalue weighted by Gasteiger charge is -2.25. The van der Waals surface area contributed by atoms with Crippen LogP contribution in [-0.4, -0.2) is 42.0 Å². The number of hydrogen-bond acceptors (Lipinski definition) is 7. The number of hydrogen-bond donors (Lipinski definition) is 2. The van der Waals surface area contributed by atoms with Gasteiger partial charge in [-0.05, 0) is 36.8 Å². The van der Waals surface area contributed by atoms with Gasteiger partial charge in [0.05, 0.1) is 35.9 Å². The molecule has 2 heterocycles. The standard InChI is InChI=1S/C26H24F4N4O4/c1-37-19-4-5-22(20(9-19)26(28,29)30)34-18-3-2-16(21(27)8-18)13-33-24(36)25(6-7-38-14-25)10-23(35)17-11-31-15-32-12-17/h2-5,8-9,11-12,15,34H,6-7,10,13-14H2,1H3,(H,33,36)/t25-/m0/s1. The Balaban J connectivity index is 1.44. The molecule has 1 atom stereocenters. The zero-order valence-corrected chi connectivity index (χ0v) is 20.3. The molecular formula is C26H24F4N4O4. The van der Waals surface area contributed by atoms with Crippen LogP contribution in [0, 0.1) is 11.2 Å². The van der Waals surface area contributed by atoms with Crippen LogP contribution in [0.5, 0.6) is 5.75 Å². The summed E-state index contributed by atoms with van der Waals surface area (Å²) < 4.78 is 65.5. The molecule has 1 aromatic heterocycles. The second-order valence-corrected chi connectivity index (χ2v) is 8.83. The van der Waals surface area contributed by atoms with E-state index in [1.165, 1.54) is 50.1 Å². The van der Waals surface area contributed by atoms with Gasteiger partial charge in [-0.15, -0.1) is 0 Å². The van der Waals surface area contributed by atoms with E-state index < -0.39 is 28.9 Å². The Morgan fingerprint density at radius 1 is 1.13 bits per heavy atom. The number of benzene rings is 2. The van der Waals surface area contributed by atoms with Gasteiger partial charge in [-0.25, -0.2) is 14.4 Å². The van der Waals surface area contributed by atoms with Gasteiger partial charge in [-0.2, -0.15) is 13.2 Å². The summed E-state index contributed by atoms with van der Waals surface area (Å²) in [5, 5.41) is 5.25. The van der Waals surface area contributed by atoms with E-state index in [1.807, 2.05) is 0 Å². The molecule has 0 unspecified atom stereocenters. The second kappa shape index (κ2) is 11.1. The van der Waals surface area contributed by atoms with Crippen molar-refractivity contribution >= 4 is 23.1 Å². The third-order valence-corrected chi connectivity index (χ3v) is 6.27. The summed E-state index contributed by atoms with van der Waals surface area (Å²) >= 11 is 0. The topological polar surface area (TPSA) is 102 Å². The Labute approximate surface area is 215 Å². The maximum absolute atomic E-state index is 14.8. The monoisotopic (exact) mass is 532 g/mol. The first-order chi connectivity index (χ1) is 18.1. The molecule has 8 nitrogen and oxygen atoms in total. The normalized spacial score (nSPS) is 17.2. The molecular weight excluding hydrogens is 508 g/mol. The number of nitrogens with one attached hydrogen (secondary N) is 2. The Morgan fingerprint density at radius 3 is 2.53 bits per heavy atom. The van der Waals surface area contributed by atoms with Crippen LogP contribution in [0.2, 0.25) is 0 Å². The van der Waals surface area contributed by atoms with Crippen molar-refractivity contribution < 1.29 is 36.6 Å². The number of amides is 1. The quantitative estimate of drug-likeness (QED) is 0.305. The third kappa shape index (κ3) is 6.08. The van der Waals surface area contributed by atoms with Crippen LogP contribution in [0.1, 0.15) is 34.3 Å². The SMILES string of the molecule is COc1ccc(Nc2ccc(CNC(=O)[C@]3(CC(=O)c4cncnc4)CCOC3)c(F)c2)c(C(F)(F)F)c1. The van der Waals surface area contributed by atoms with Gasteiger partial charge < -0.3 is 20.1 Å². The van der Waals surface area contributed by atoms with Crippen molar-refractivity contribution in [3.05, 3.63) is 77.6 Å². The highest BCUT2D eigenvalue weighted by molar-refractivity contribution is 5.99. The van der Waals surface area contributed by atoms with Gasteiger partial charge in [0.1, 0.15) is 17.9 Å². The fourth-order valence-corrected chi connectivity index (χ4v) is 4.14. The molecule has 1 aliphatic rings. The number of carbonyl (C=O) groups excluding carboxylic acids is 2. The molecule has 1 amide bonds. The average molecular weight is 532 g/mol. The second-order valence-electron chi connectivity index (χ2n) is 8.83. The number of anilines is 2. The molecule has 0 radical (unpaired) electrons. The van der Waals surface area contributed by atoms with Crippen molar-refractivity contribution in [1.29, 1.82) is 0 Å². The molecule has 0 aliphatic carbocycles. The van der Waals surface area contributed by atoms with Crippen LogP contribution >= 0.6 is 0 Å². The Bertz CT molecular complexity index is 1310. The number of Topliss-reactive ketones (excluding diaryl/α,β-unsaturated/α-hetero) is 1. The van der Waals surface area contributed by atoms with E-state index >= 15 is 0 Å². The highest BCUT2D eigenvalue weighted by Gasteiger charge is 2.44. The fraction of sp³-hybridized carbons (Fsp3) is 0.308. The molecule has 200 valence electrons. The molecule has 38 heavy (non-hydrogen) atoms. The molecule has 1 aliphatic heterocycles. The van der Waals surface area contributed by atoms with Crippen molar-refractivity contribution in [3.8, 4) is 5.75 Å². The number of rotatable bonds is 9. The number of carbonyl (C=O) groups is 2. The predicted octanol–water partition coefficient (Wildman–Crippen LogP) is 4.68. The molecule has 3 aromatic rings. The minimum absolute atomic E-state index is 0.0318. The van der Waals surface area contributed by atoms with Crippen LogP contribution in [0.25, 0.3) is 0 Å². The Morgan fingerprint density at radius 2 is 1.89 bits per heavy atom. The first-order valence-electron chi connectivity index (χ1n) is 11.6. The van der Waals surface area contributed by atoms with Crippen LogP contribution in [0.15, 0.2) is 55.1 Å². The Kier molecular flexibility index (Phi) is 7.91. The molecule has 2 N–H and O–H groups in total. The number of halogens is 4. The van der Waals surface area contributed by atoms with Crippen molar-refractivity contribution in [2.75, 3.05) is 25.6 Å². The van der Waals surface area contributed by atoms with E-state index in [4.69, 9.17) is 9.47 Å². The minimum atomic E-state index is -4.66. The number of aromatic nitrogens is 2. The van der Waals surface area contributed by atoms with Crippen LogP contribution in [-0.2, 0) is 22.3 Å². The summed E-state index contributed by atoms with van der Waals surface area (Å²) in [6.45, 7) is 0.144. The molecule has 4 rings (SSSR count). The number of methoxy groups -OCH3 is 1. The third-order valence-electron chi connectivity index (χ3n) is 6.27. The summed E-state index contributed by atoms with van der Waals surface area (Å²) in [5.41, 5.74) is -1.88. The fourth-order valence-electron chi connectivity index (χ4n) is 4.14. The number of ether oxygens (including phenoxy) is 2. The van der Waals surface area contributed by atoms with E-state index in [-0.39, 0.29) is 53.6 Å². The first kappa shape index (κ1) is 27.0. The van der Waals surface area contributed by atoms with Crippen molar-refractivity contribution in [1.82, 2.24) is 15.3 Å². The lowest BCUT2D eigenvalue weighted by atomic mass is 9.80. The van der Waals surface area contributed by atoms with Gasteiger partial charge in [0.25, 0.3) is 0 Å². The maximum atomic E-state index is 14.8. The molecule has 0 bridgehead atoms. The molecule has 0 saturated carbocycles. The average Bonchev–Trinajstić information content (AvgIpc) is 3.38. The van der Waals surface area contributed by atoms with Gasteiger partial charge in [0.2, 0.25) is 5.91 Å². The summed E-state index contributed by atoms with van der Waals surface area (Å²) in [6, 6.07) is 7.21. The number of ketones is 1. The first-order valence-corrected chi connectivity index (χ1v) is 11.6. The lowest BCUT2D eigenvalue weighted by Crippen LogP contribution is -2.42. The van der Waals surface area contributed by atoms with Gasteiger partial charge in [0, 0.05) is 43.2 Å². The van der Waals surface area contributed by atoms with E-state index in [1.54, 1.807) is 0 Å². The van der Waals surface area contributed by atoms with E-state index in [0.717, 1.165) is 12.1 Å². The maximum Gasteiger partial charge on any atom is 0.418 e. The highest BCUT2D eigenvalue weighted by Crippen LogP contribution is 2.38. The lowest BCUT2D eigenvalue weighted by molar-refractivity contribution is -0.137. The number of nitrogens with zero attached hydrogens (tertiary/aromatic N) is 2. The highest BCUT2D eigenvalue weighted by atomic mass is 19.4. The summed E-state index contributed by atoms with van der Waals surface area (Å²) in [5.74, 6) is -1.48. The van der Waals surface area contributed by atoms with Crippen molar-refractivity contribution in [2.45, 2.75) is 25.6 Å². The van der Waals surface area contributed by atoms with Crippen LogP contribution < -0.4 is 15.4 Å². The van der Waals surface area contributed by atoms with Crippen molar-refractivity contribution in [2.24, 2.45) is 5.41 Å². The van der Waals surface area contributed by atoms with Crippen molar-refractivity contribution in [3.63, 3.8) is 0 Å². The molecule has 1 fully saturated rings. The zero-order valence-electron chi connectivity index (χ0n) is 20.3. The smallest absolute Gasteiger partial charge is 0.418 e. The predicted molar refractivity (Wildman–Crippen MR) is 128 cm³/mol. The van der Waals surface area contributed by atoms with Crippen LogP contribution in [0.4, 0.5) is 28.9 Å². The summed E-state index contributed by atoms with van der Waals surface area (Å²) in [7, 11) is 1.26. The minimum Gasteiger partial charge on any atom is -0.497 e. The van der Waals surface area contributed by atoms with Gasteiger partial charge in [-0.1, -0.05) is 6.07 Å². The molecule has 2 aromatic carbocycles. The van der Waals surface area contributed by atoms with Gasteiger partial charge >= 0.3 is 6.18 Å². The Hall–Kier alpha value is -4.06. The van der Waals surface area contributed by atoms with E-state index in [0.29, 0.717) is 13.0 Å². The van der Waals surface area contributed by atoms with E-state index in [2.05, 4.69) is 20.6 Å². The molecule has 0 spiro atoms. The molecule has 12 heteroatoms. The summed E-state index contributed by atoms with van der Waals surface area (Å²) in [6.07, 6.45) is -0.446. The largest absolute Gasteiger partial charge is 0.497 e. The van der Waals surface area contributed by atoms with E-state index in [9.17, 15) is 27.2 Å². The zero-order chi connectivity index (χ0) is 27.3. The molecule has 1 saturated heterocycles.